The Hall–Kier alpha value is -0.850. The third kappa shape index (κ3) is 3.49. The first-order valence-corrected chi connectivity index (χ1v) is 10.6. The Morgan fingerprint density at radius 2 is 1.96 bits per heavy atom. The van der Waals surface area contributed by atoms with E-state index >= 15 is 0 Å². The van der Waals surface area contributed by atoms with Crippen molar-refractivity contribution in [2.45, 2.75) is 38.3 Å². The van der Waals surface area contributed by atoms with Crippen LogP contribution in [0.2, 0.25) is 0 Å². The summed E-state index contributed by atoms with van der Waals surface area (Å²) in [6.07, 6.45) is 2.07. The zero-order valence-corrected chi connectivity index (χ0v) is 14.6. The number of furan rings is 1. The molecule has 23 heavy (non-hydrogen) atoms. The standard InChI is InChI=1S/C17H26N2O3S/c1-13-10-16(13)17-3-2-15(22-17)11-18-5-7-19(8-6-18)14-4-9-23(20,21)12-14/h2-3,13-14,16H,4-12H2,1H3/t13-,14-,16-/m1/s1. The summed E-state index contributed by atoms with van der Waals surface area (Å²) in [6.45, 7) is 7.06. The van der Waals surface area contributed by atoms with Crippen LogP contribution in [0.25, 0.3) is 0 Å². The summed E-state index contributed by atoms with van der Waals surface area (Å²) in [6, 6.07) is 4.51. The van der Waals surface area contributed by atoms with E-state index in [1.54, 1.807) is 0 Å². The van der Waals surface area contributed by atoms with Crippen molar-refractivity contribution in [1.29, 1.82) is 0 Å². The van der Waals surface area contributed by atoms with Crippen LogP contribution in [0.4, 0.5) is 0 Å². The Kier molecular flexibility index (Phi) is 4.02. The Bertz CT molecular complexity index is 661. The number of rotatable bonds is 4. The Balaban J connectivity index is 1.27. The molecule has 3 fully saturated rings. The van der Waals surface area contributed by atoms with Crippen molar-refractivity contribution in [2.24, 2.45) is 5.92 Å². The van der Waals surface area contributed by atoms with Gasteiger partial charge in [0.15, 0.2) is 9.84 Å². The SMILES string of the molecule is C[C@@H]1C[C@H]1c1ccc(CN2CCN([C@@H]3CCS(=O)(=O)C3)CC2)o1. The summed E-state index contributed by atoms with van der Waals surface area (Å²) in [4.78, 5) is 4.78. The molecule has 1 saturated carbocycles. The second kappa shape index (κ2) is 5.90. The molecular formula is C17H26N2O3S. The van der Waals surface area contributed by atoms with Gasteiger partial charge in [0.25, 0.3) is 0 Å². The predicted octanol–water partition coefficient (Wildman–Crippen LogP) is 1.71. The maximum Gasteiger partial charge on any atom is 0.151 e. The first kappa shape index (κ1) is 15.7. The first-order chi connectivity index (χ1) is 11.0. The smallest absolute Gasteiger partial charge is 0.151 e. The topological polar surface area (TPSA) is 53.8 Å². The van der Waals surface area contributed by atoms with Crippen LogP contribution in [0.5, 0.6) is 0 Å². The van der Waals surface area contributed by atoms with Crippen LogP contribution in [0, 0.1) is 5.92 Å². The molecule has 0 bridgehead atoms. The summed E-state index contributed by atoms with van der Waals surface area (Å²) < 4.78 is 29.3. The van der Waals surface area contributed by atoms with Gasteiger partial charge in [0, 0.05) is 38.1 Å². The van der Waals surface area contributed by atoms with Crippen LogP contribution in [0.1, 0.15) is 37.2 Å². The van der Waals surface area contributed by atoms with Crippen LogP contribution < -0.4 is 0 Å². The monoisotopic (exact) mass is 338 g/mol. The van der Waals surface area contributed by atoms with Crippen molar-refractivity contribution in [1.82, 2.24) is 9.80 Å². The summed E-state index contributed by atoms with van der Waals surface area (Å²) in [5.74, 6) is 4.37. The molecule has 128 valence electrons. The first-order valence-electron chi connectivity index (χ1n) is 8.75. The van der Waals surface area contributed by atoms with E-state index in [0.717, 1.165) is 56.6 Å². The van der Waals surface area contributed by atoms with Gasteiger partial charge in [0.05, 0.1) is 18.1 Å². The van der Waals surface area contributed by atoms with Crippen molar-refractivity contribution in [2.75, 3.05) is 37.7 Å². The minimum atomic E-state index is -2.78. The van der Waals surface area contributed by atoms with Gasteiger partial charge in [-0.15, -0.1) is 0 Å². The fourth-order valence-corrected chi connectivity index (χ4v) is 5.73. The highest BCUT2D eigenvalue weighted by molar-refractivity contribution is 7.91. The van der Waals surface area contributed by atoms with Gasteiger partial charge in [-0.05, 0) is 30.9 Å². The lowest BCUT2D eigenvalue weighted by atomic mass is 10.2. The molecule has 3 atom stereocenters. The molecule has 0 amide bonds. The number of sulfone groups is 1. The fraction of sp³-hybridized carbons (Fsp3) is 0.765. The molecular weight excluding hydrogens is 312 g/mol. The highest BCUT2D eigenvalue weighted by Gasteiger charge is 2.37. The minimum absolute atomic E-state index is 0.244. The zero-order valence-electron chi connectivity index (χ0n) is 13.8. The van der Waals surface area contributed by atoms with Crippen molar-refractivity contribution in [3.05, 3.63) is 23.7 Å². The summed E-state index contributed by atoms with van der Waals surface area (Å²) in [5, 5.41) is 0. The molecule has 4 rings (SSSR count). The average molecular weight is 338 g/mol. The molecule has 0 aromatic carbocycles. The molecule has 1 aliphatic carbocycles. The number of piperazine rings is 1. The second-order valence-electron chi connectivity index (χ2n) is 7.49. The van der Waals surface area contributed by atoms with Crippen LogP contribution >= 0.6 is 0 Å². The van der Waals surface area contributed by atoms with E-state index < -0.39 is 9.84 Å². The summed E-state index contributed by atoms with van der Waals surface area (Å²) in [7, 11) is -2.78. The predicted molar refractivity (Wildman–Crippen MR) is 89.1 cm³/mol. The van der Waals surface area contributed by atoms with E-state index in [2.05, 4.69) is 28.9 Å². The second-order valence-corrected chi connectivity index (χ2v) is 9.72. The highest BCUT2D eigenvalue weighted by Crippen LogP contribution is 2.47. The van der Waals surface area contributed by atoms with Gasteiger partial charge in [0.1, 0.15) is 11.5 Å². The van der Waals surface area contributed by atoms with Crippen molar-refractivity contribution < 1.29 is 12.8 Å². The summed E-state index contributed by atoms with van der Waals surface area (Å²) >= 11 is 0. The number of hydrogen-bond acceptors (Lipinski definition) is 5. The Labute approximate surface area is 138 Å². The van der Waals surface area contributed by atoms with E-state index in [0.29, 0.717) is 17.4 Å². The van der Waals surface area contributed by atoms with Gasteiger partial charge in [-0.1, -0.05) is 6.92 Å². The van der Waals surface area contributed by atoms with Gasteiger partial charge in [-0.25, -0.2) is 8.42 Å². The van der Waals surface area contributed by atoms with Gasteiger partial charge < -0.3 is 4.42 Å². The third-order valence-electron chi connectivity index (χ3n) is 5.67. The molecule has 0 unspecified atom stereocenters. The molecule has 1 aromatic rings. The molecule has 6 heteroatoms. The maximum absolute atomic E-state index is 11.6. The van der Waals surface area contributed by atoms with Crippen LogP contribution in [0.3, 0.4) is 0 Å². The molecule has 2 aliphatic heterocycles. The van der Waals surface area contributed by atoms with Crippen molar-refractivity contribution in [3.8, 4) is 0 Å². The van der Waals surface area contributed by atoms with Gasteiger partial charge >= 0.3 is 0 Å². The lowest BCUT2D eigenvalue weighted by Crippen LogP contribution is -2.50. The Morgan fingerprint density at radius 1 is 1.22 bits per heavy atom. The molecule has 0 N–H and O–H groups in total. The maximum atomic E-state index is 11.6. The van der Waals surface area contributed by atoms with Gasteiger partial charge in [-0.2, -0.15) is 0 Å². The molecule has 3 heterocycles. The zero-order chi connectivity index (χ0) is 16.0. The largest absolute Gasteiger partial charge is 0.464 e. The van der Waals surface area contributed by atoms with E-state index in [-0.39, 0.29) is 6.04 Å². The lowest BCUT2D eigenvalue weighted by Gasteiger charge is -2.37. The Morgan fingerprint density at radius 3 is 2.57 bits per heavy atom. The molecule has 5 nitrogen and oxygen atoms in total. The normalized spacial score (nSPS) is 34.7. The third-order valence-corrected chi connectivity index (χ3v) is 7.42. The van der Waals surface area contributed by atoms with Crippen LogP contribution in [0.15, 0.2) is 16.5 Å². The van der Waals surface area contributed by atoms with E-state index in [9.17, 15) is 8.42 Å². The quantitative estimate of drug-likeness (QED) is 0.836. The molecule has 1 aromatic heterocycles. The van der Waals surface area contributed by atoms with Crippen molar-refractivity contribution in [3.63, 3.8) is 0 Å². The van der Waals surface area contributed by atoms with Crippen LogP contribution in [-0.2, 0) is 16.4 Å². The fourth-order valence-electron chi connectivity index (χ4n) is 3.97. The lowest BCUT2D eigenvalue weighted by molar-refractivity contribution is 0.0951. The number of hydrogen-bond donors (Lipinski definition) is 0. The highest BCUT2D eigenvalue weighted by atomic mass is 32.2. The minimum Gasteiger partial charge on any atom is -0.464 e. The van der Waals surface area contributed by atoms with Crippen molar-refractivity contribution >= 4 is 9.84 Å². The summed E-state index contributed by atoms with van der Waals surface area (Å²) in [5.41, 5.74) is 0. The van der Waals surface area contributed by atoms with E-state index in [1.807, 2.05) is 0 Å². The molecule has 0 radical (unpaired) electrons. The molecule has 2 saturated heterocycles. The average Bonchev–Trinajstić information content (AvgIpc) is 2.92. The van der Waals surface area contributed by atoms with Gasteiger partial charge in [-0.3, -0.25) is 9.80 Å². The molecule has 3 aliphatic rings. The van der Waals surface area contributed by atoms with E-state index in [1.165, 1.54) is 6.42 Å². The van der Waals surface area contributed by atoms with Crippen LogP contribution in [-0.4, -0.2) is 61.9 Å². The van der Waals surface area contributed by atoms with Gasteiger partial charge in [0.2, 0.25) is 0 Å². The number of nitrogens with zero attached hydrogens (tertiary/aromatic N) is 2. The molecule has 0 spiro atoms. The van der Waals surface area contributed by atoms with E-state index in [4.69, 9.17) is 4.42 Å².